The molecule has 1 aliphatic heterocycles. The van der Waals surface area contributed by atoms with Crippen molar-refractivity contribution < 1.29 is 4.74 Å². The molecule has 3 heterocycles. The Morgan fingerprint density at radius 3 is 2.17 bits per heavy atom. The first-order chi connectivity index (χ1) is 17.7. The van der Waals surface area contributed by atoms with Gasteiger partial charge in [-0.05, 0) is 81.4 Å². The Labute approximate surface area is 212 Å². The summed E-state index contributed by atoms with van der Waals surface area (Å²) in [6.07, 6.45) is 10.8. The molecule has 0 atom stereocenters. The first-order valence-corrected chi connectivity index (χ1v) is 13.1. The van der Waals surface area contributed by atoms with E-state index in [2.05, 4.69) is 37.8 Å². The van der Waals surface area contributed by atoms with Crippen molar-refractivity contribution in [1.82, 2.24) is 19.4 Å². The number of likely N-dealkylation sites (tertiary alicyclic amines) is 1. The van der Waals surface area contributed by atoms with Gasteiger partial charge in [0, 0.05) is 29.9 Å². The fraction of sp³-hybridized carbons (Fsp3) is 0.379. The minimum absolute atomic E-state index is 0.381. The van der Waals surface area contributed by atoms with Crippen molar-refractivity contribution in [3.63, 3.8) is 0 Å². The van der Waals surface area contributed by atoms with Crippen LogP contribution >= 0.6 is 0 Å². The lowest BCUT2D eigenvalue weighted by atomic mass is 9.88. The number of hydrogen-bond donors (Lipinski definition) is 2. The molecule has 6 rings (SSSR count). The molecule has 0 amide bonds. The third kappa shape index (κ3) is 4.56. The van der Waals surface area contributed by atoms with Gasteiger partial charge in [-0.3, -0.25) is 0 Å². The summed E-state index contributed by atoms with van der Waals surface area (Å²) in [4.78, 5) is 11.7. The molecule has 2 aromatic heterocycles. The third-order valence-electron chi connectivity index (χ3n) is 7.93. The Balaban J connectivity index is 1.24. The lowest BCUT2D eigenvalue weighted by molar-refractivity contribution is 0.110. The van der Waals surface area contributed by atoms with Gasteiger partial charge in [0.05, 0.1) is 5.39 Å². The summed E-state index contributed by atoms with van der Waals surface area (Å²) >= 11 is 0. The zero-order valence-electron chi connectivity index (χ0n) is 20.6. The van der Waals surface area contributed by atoms with Gasteiger partial charge < -0.3 is 25.7 Å². The van der Waals surface area contributed by atoms with Crippen LogP contribution in [0, 0.1) is 0 Å². The number of nitrogens with two attached hydrogens (primary N) is 2. The molecule has 2 aliphatic rings. The van der Waals surface area contributed by atoms with Crippen LogP contribution in [-0.2, 0) is 0 Å². The summed E-state index contributed by atoms with van der Waals surface area (Å²) in [5.41, 5.74) is 15.6. The van der Waals surface area contributed by atoms with Gasteiger partial charge >= 0.3 is 0 Å². The Morgan fingerprint density at radius 2 is 1.44 bits per heavy atom. The van der Waals surface area contributed by atoms with E-state index in [1.807, 2.05) is 42.5 Å². The van der Waals surface area contributed by atoms with E-state index < -0.39 is 0 Å². The fourth-order valence-corrected chi connectivity index (χ4v) is 5.92. The number of hydrogen-bond acceptors (Lipinski definition) is 6. The van der Waals surface area contributed by atoms with E-state index >= 15 is 0 Å². The Kier molecular flexibility index (Phi) is 6.34. The van der Waals surface area contributed by atoms with Crippen molar-refractivity contribution in [3.8, 4) is 22.6 Å². The highest BCUT2D eigenvalue weighted by Crippen LogP contribution is 2.39. The van der Waals surface area contributed by atoms with E-state index in [1.165, 1.54) is 12.8 Å². The Morgan fingerprint density at radius 1 is 0.778 bits per heavy atom. The minimum atomic E-state index is 0.381. The predicted octanol–water partition coefficient (Wildman–Crippen LogP) is 5.38. The molecule has 0 bridgehead atoms. The van der Waals surface area contributed by atoms with E-state index in [0.717, 1.165) is 72.4 Å². The van der Waals surface area contributed by atoms with Crippen LogP contribution in [0.3, 0.4) is 0 Å². The highest BCUT2D eigenvalue weighted by Gasteiger charge is 2.30. The zero-order chi connectivity index (χ0) is 24.5. The number of anilines is 1. The van der Waals surface area contributed by atoms with Gasteiger partial charge in [0.15, 0.2) is 0 Å². The molecule has 7 heteroatoms. The van der Waals surface area contributed by atoms with Gasteiger partial charge in [-0.15, -0.1) is 0 Å². The Hall–Kier alpha value is -3.42. The van der Waals surface area contributed by atoms with Crippen molar-refractivity contribution in [2.75, 3.05) is 18.8 Å². The molecule has 0 spiro atoms. The monoisotopic (exact) mass is 482 g/mol. The van der Waals surface area contributed by atoms with E-state index in [9.17, 15) is 0 Å². The van der Waals surface area contributed by atoms with E-state index in [4.69, 9.17) is 16.2 Å². The van der Waals surface area contributed by atoms with Crippen LogP contribution in [-0.4, -0.2) is 44.6 Å². The molecule has 7 nitrogen and oxygen atoms in total. The number of piperidine rings is 1. The number of fused-ring (bicyclic) bond motifs is 1. The number of benzene rings is 2. The lowest BCUT2D eigenvalue weighted by Crippen LogP contribution is -2.46. The summed E-state index contributed by atoms with van der Waals surface area (Å²) in [5.74, 6) is 2.15. The number of rotatable bonds is 5. The summed E-state index contributed by atoms with van der Waals surface area (Å²) < 4.78 is 8.33. The zero-order valence-corrected chi connectivity index (χ0v) is 20.6. The number of para-hydroxylation sites is 1. The molecule has 2 fully saturated rings. The number of ether oxygens (including phenoxy) is 1. The molecule has 1 saturated carbocycles. The Bertz CT molecular complexity index is 1300. The van der Waals surface area contributed by atoms with Crippen LogP contribution < -0.4 is 16.2 Å². The van der Waals surface area contributed by atoms with Crippen LogP contribution in [0.5, 0.6) is 11.5 Å². The number of nitrogen functional groups attached to an aromatic ring is 1. The molecule has 0 unspecified atom stereocenters. The number of nitrogens with zero attached hydrogens (tertiary/aromatic N) is 4. The maximum absolute atomic E-state index is 6.39. The van der Waals surface area contributed by atoms with Gasteiger partial charge in [0.25, 0.3) is 0 Å². The van der Waals surface area contributed by atoms with Crippen LogP contribution in [0.1, 0.15) is 44.6 Å². The van der Waals surface area contributed by atoms with E-state index in [1.54, 1.807) is 6.33 Å². The van der Waals surface area contributed by atoms with Gasteiger partial charge in [-0.25, -0.2) is 9.97 Å². The highest BCUT2D eigenvalue weighted by molar-refractivity contribution is 6.00. The smallest absolute Gasteiger partial charge is 0.146 e. The SMILES string of the molecule is Nc1ncnc2c1c(-c1ccc(Oc3ccccc3)cc1)cn2C1CCC(N2CCC(N)CC2)CC1. The quantitative estimate of drug-likeness (QED) is 0.397. The molecule has 4 N–H and O–H groups in total. The van der Waals surface area contributed by atoms with Crippen LogP contribution in [0.4, 0.5) is 5.82 Å². The second-order valence-electron chi connectivity index (χ2n) is 10.2. The summed E-state index contributed by atoms with van der Waals surface area (Å²) in [6, 6.07) is 19.5. The first kappa shape index (κ1) is 23.0. The molecule has 1 saturated heterocycles. The van der Waals surface area contributed by atoms with Crippen molar-refractivity contribution >= 4 is 16.9 Å². The molecule has 0 radical (unpaired) electrons. The average molecular weight is 483 g/mol. The third-order valence-corrected chi connectivity index (χ3v) is 7.93. The number of aromatic nitrogens is 3. The van der Waals surface area contributed by atoms with Crippen molar-refractivity contribution in [2.45, 2.75) is 56.7 Å². The molecule has 186 valence electrons. The molecule has 36 heavy (non-hydrogen) atoms. The molecule has 2 aromatic carbocycles. The van der Waals surface area contributed by atoms with Gasteiger partial charge in [0.2, 0.25) is 0 Å². The topological polar surface area (TPSA) is 95.2 Å². The largest absolute Gasteiger partial charge is 0.457 e. The maximum atomic E-state index is 6.39. The standard InChI is InChI=1S/C29H34N6O/c30-21-14-16-34(17-15-21)22-8-10-23(11-9-22)35-18-26(27-28(31)32-19-33-29(27)35)20-6-12-25(13-7-20)36-24-4-2-1-3-5-24/h1-7,12-13,18-19,21-23H,8-11,14-17,30H2,(H2,31,32,33). The van der Waals surface area contributed by atoms with Crippen molar-refractivity contribution in [2.24, 2.45) is 5.73 Å². The highest BCUT2D eigenvalue weighted by atomic mass is 16.5. The summed E-state index contributed by atoms with van der Waals surface area (Å²) in [6.45, 7) is 2.28. The van der Waals surface area contributed by atoms with Gasteiger partial charge in [-0.2, -0.15) is 0 Å². The summed E-state index contributed by atoms with van der Waals surface area (Å²) in [7, 11) is 0. The van der Waals surface area contributed by atoms with Crippen LogP contribution in [0.15, 0.2) is 67.1 Å². The predicted molar refractivity (Wildman–Crippen MR) is 144 cm³/mol. The van der Waals surface area contributed by atoms with Gasteiger partial charge in [0.1, 0.15) is 29.3 Å². The average Bonchev–Trinajstić information content (AvgIpc) is 3.31. The molecular weight excluding hydrogens is 448 g/mol. The normalized spacial score (nSPS) is 21.6. The molecular formula is C29H34N6O. The van der Waals surface area contributed by atoms with Gasteiger partial charge in [-0.1, -0.05) is 30.3 Å². The second kappa shape index (κ2) is 9.91. The van der Waals surface area contributed by atoms with Crippen molar-refractivity contribution in [3.05, 3.63) is 67.1 Å². The minimum Gasteiger partial charge on any atom is -0.457 e. The van der Waals surface area contributed by atoms with Crippen molar-refractivity contribution in [1.29, 1.82) is 0 Å². The second-order valence-corrected chi connectivity index (χ2v) is 10.2. The first-order valence-electron chi connectivity index (χ1n) is 13.1. The summed E-state index contributed by atoms with van der Waals surface area (Å²) in [5, 5.41) is 0.932. The molecule has 4 aromatic rings. The lowest BCUT2D eigenvalue weighted by Gasteiger charge is -2.40. The van der Waals surface area contributed by atoms with Crippen LogP contribution in [0.2, 0.25) is 0 Å². The fourth-order valence-electron chi connectivity index (χ4n) is 5.92. The van der Waals surface area contributed by atoms with Crippen LogP contribution in [0.25, 0.3) is 22.2 Å². The van der Waals surface area contributed by atoms with E-state index in [0.29, 0.717) is 23.9 Å². The molecule has 1 aliphatic carbocycles. The van der Waals surface area contributed by atoms with E-state index in [-0.39, 0.29) is 0 Å². The maximum Gasteiger partial charge on any atom is 0.146 e.